The van der Waals surface area contributed by atoms with Crippen molar-refractivity contribution in [3.8, 4) is 0 Å². The molecule has 4 saturated carbocycles. The lowest BCUT2D eigenvalue weighted by molar-refractivity contribution is -0.222. The number of carboxylic acids is 2. The molecule has 1 aromatic carbocycles. The second kappa shape index (κ2) is 10.7. The van der Waals surface area contributed by atoms with Crippen LogP contribution < -0.4 is 5.32 Å². The topological polar surface area (TPSA) is 86.6 Å². The van der Waals surface area contributed by atoms with Gasteiger partial charge in [-0.3, -0.25) is 4.79 Å². The molecule has 0 aromatic heterocycles. The molecule has 5 nitrogen and oxygen atoms in total. The van der Waals surface area contributed by atoms with Gasteiger partial charge in [-0.05, 0) is 145 Å². The highest BCUT2D eigenvalue weighted by atomic mass is 16.4. The summed E-state index contributed by atoms with van der Waals surface area (Å²) in [6.07, 6.45) is 16.6. The van der Waals surface area contributed by atoms with Crippen molar-refractivity contribution in [3.05, 3.63) is 41.5 Å². The minimum Gasteiger partial charge on any atom is -0.481 e. The van der Waals surface area contributed by atoms with E-state index in [1.807, 2.05) is 12.1 Å². The van der Waals surface area contributed by atoms with Crippen molar-refractivity contribution < 1.29 is 19.8 Å². The Bertz CT molecular complexity index is 1280. The highest BCUT2D eigenvalue weighted by molar-refractivity contribution is 5.88. The highest BCUT2D eigenvalue weighted by Gasteiger charge is 2.69. The molecule has 0 aliphatic heterocycles. The quantitative estimate of drug-likeness (QED) is 0.264. The van der Waals surface area contributed by atoms with Gasteiger partial charge in [-0.2, -0.15) is 0 Å². The van der Waals surface area contributed by atoms with Crippen molar-refractivity contribution in [2.24, 2.45) is 50.7 Å². The SMILES string of the molecule is CC1(C)C(c2ccc(C(=O)O)cc2)=CCC2(C)C1CCC1(C)C2CCC2C3CCCC3(CNCCCC(=O)O)CC[C@]21C. The average Bonchev–Trinajstić information content (AvgIpc) is 3.37. The molecule has 0 heterocycles. The summed E-state index contributed by atoms with van der Waals surface area (Å²) in [6.45, 7) is 14.8. The summed E-state index contributed by atoms with van der Waals surface area (Å²) in [6, 6.07) is 7.58. The van der Waals surface area contributed by atoms with E-state index in [0.717, 1.165) is 43.7 Å². The fourth-order valence-corrected chi connectivity index (χ4v) is 12.6. The molecule has 0 bridgehead atoms. The Kier molecular flexibility index (Phi) is 7.71. The molecular formula is C38H55NO4. The van der Waals surface area contributed by atoms with E-state index in [2.05, 4.69) is 46.0 Å². The van der Waals surface area contributed by atoms with E-state index in [-0.39, 0.29) is 17.3 Å². The monoisotopic (exact) mass is 589 g/mol. The van der Waals surface area contributed by atoms with Crippen molar-refractivity contribution >= 4 is 17.5 Å². The second-order valence-electron chi connectivity index (χ2n) is 16.6. The van der Waals surface area contributed by atoms with Gasteiger partial charge in [0.05, 0.1) is 5.56 Å². The van der Waals surface area contributed by atoms with Gasteiger partial charge in [0, 0.05) is 13.0 Å². The lowest BCUT2D eigenvalue weighted by Gasteiger charge is -2.72. The maximum absolute atomic E-state index is 11.5. The minimum absolute atomic E-state index is 0.0380. The molecule has 5 aliphatic carbocycles. The van der Waals surface area contributed by atoms with Crippen molar-refractivity contribution in [3.63, 3.8) is 0 Å². The third kappa shape index (κ3) is 4.65. The van der Waals surface area contributed by atoms with Crippen LogP contribution in [0, 0.1) is 50.7 Å². The first kappa shape index (κ1) is 30.9. The van der Waals surface area contributed by atoms with Crippen LogP contribution in [0.3, 0.4) is 0 Å². The molecule has 7 unspecified atom stereocenters. The molecule has 236 valence electrons. The van der Waals surface area contributed by atoms with Crippen molar-refractivity contribution in [2.45, 2.75) is 112 Å². The number of nitrogens with one attached hydrogen (secondary N) is 1. The first-order valence-corrected chi connectivity index (χ1v) is 17.3. The van der Waals surface area contributed by atoms with Crippen LogP contribution in [-0.2, 0) is 4.79 Å². The smallest absolute Gasteiger partial charge is 0.335 e. The number of hydrogen-bond acceptors (Lipinski definition) is 3. The number of fused-ring (bicyclic) bond motifs is 7. The van der Waals surface area contributed by atoms with Gasteiger partial charge in [-0.25, -0.2) is 4.79 Å². The molecule has 4 fully saturated rings. The van der Waals surface area contributed by atoms with Gasteiger partial charge in [-0.1, -0.05) is 59.2 Å². The number of carboxylic acid groups (broad SMARTS) is 2. The van der Waals surface area contributed by atoms with Gasteiger partial charge in [0.2, 0.25) is 0 Å². The van der Waals surface area contributed by atoms with E-state index in [1.165, 1.54) is 68.9 Å². The number of carbonyl (C=O) groups is 2. The van der Waals surface area contributed by atoms with Gasteiger partial charge in [0.1, 0.15) is 0 Å². The van der Waals surface area contributed by atoms with Crippen LogP contribution in [0.4, 0.5) is 0 Å². The third-order valence-electron chi connectivity index (χ3n) is 14.8. The molecule has 8 atom stereocenters. The van der Waals surface area contributed by atoms with Gasteiger partial charge < -0.3 is 15.5 Å². The summed E-state index contributed by atoms with van der Waals surface area (Å²) < 4.78 is 0. The number of aromatic carboxylic acids is 1. The maximum Gasteiger partial charge on any atom is 0.335 e. The van der Waals surface area contributed by atoms with Crippen LogP contribution >= 0.6 is 0 Å². The fourth-order valence-electron chi connectivity index (χ4n) is 12.6. The Morgan fingerprint density at radius 1 is 0.837 bits per heavy atom. The second-order valence-corrected chi connectivity index (χ2v) is 16.6. The van der Waals surface area contributed by atoms with E-state index in [4.69, 9.17) is 5.11 Å². The fraction of sp³-hybridized carbons (Fsp3) is 0.737. The summed E-state index contributed by atoms with van der Waals surface area (Å²) in [5, 5.41) is 22.2. The zero-order valence-electron chi connectivity index (χ0n) is 27.3. The van der Waals surface area contributed by atoms with Gasteiger partial charge in [-0.15, -0.1) is 0 Å². The van der Waals surface area contributed by atoms with Crippen LogP contribution in [0.2, 0.25) is 0 Å². The summed E-state index contributed by atoms with van der Waals surface area (Å²) in [7, 11) is 0. The Hall–Kier alpha value is -2.14. The van der Waals surface area contributed by atoms with E-state index in [9.17, 15) is 14.7 Å². The molecule has 0 spiro atoms. The lowest BCUT2D eigenvalue weighted by Crippen LogP contribution is -2.65. The van der Waals surface area contributed by atoms with Crippen molar-refractivity contribution in [2.75, 3.05) is 13.1 Å². The maximum atomic E-state index is 11.5. The van der Waals surface area contributed by atoms with Crippen LogP contribution in [0.5, 0.6) is 0 Å². The predicted octanol–water partition coefficient (Wildman–Crippen LogP) is 8.69. The number of benzene rings is 1. The molecule has 0 radical (unpaired) electrons. The lowest BCUT2D eigenvalue weighted by atomic mass is 9.32. The van der Waals surface area contributed by atoms with E-state index < -0.39 is 11.9 Å². The summed E-state index contributed by atoms with van der Waals surface area (Å²) >= 11 is 0. The predicted molar refractivity (Wildman–Crippen MR) is 172 cm³/mol. The van der Waals surface area contributed by atoms with Crippen LogP contribution in [0.15, 0.2) is 30.3 Å². The van der Waals surface area contributed by atoms with Gasteiger partial charge in [0.25, 0.3) is 0 Å². The van der Waals surface area contributed by atoms with Crippen molar-refractivity contribution in [1.29, 1.82) is 0 Å². The number of aliphatic carboxylic acids is 1. The first-order valence-electron chi connectivity index (χ1n) is 17.3. The first-order chi connectivity index (χ1) is 20.3. The zero-order valence-corrected chi connectivity index (χ0v) is 27.3. The average molecular weight is 590 g/mol. The number of rotatable bonds is 8. The Balaban J connectivity index is 1.24. The molecule has 0 amide bonds. The third-order valence-corrected chi connectivity index (χ3v) is 14.8. The Labute approximate surface area is 259 Å². The van der Waals surface area contributed by atoms with Crippen LogP contribution in [0.25, 0.3) is 5.57 Å². The standard InChI is InChI=1S/C38H55NO4/c1-34(2)27(25-10-12-26(13-11-25)33(42)43)16-19-35(3)30(34)17-20-37(5)31(35)15-14-28-29-8-6-18-38(29,22-21-36(28,37)4)24-39-23-7-9-32(40)41/h10-13,16,28-31,39H,6-9,14-15,17-24H2,1-5H3,(H,40,41)(H,42,43)/t28?,29?,30?,31?,35?,36-,37?,38?/m1/s1. The van der Waals surface area contributed by atoms with E-state index in [1.54, 1.807) is 12.1 Å². The van der Waals surface area contributed by atoms with Gasteiger partial charge in [0.15, 0.2) is 0 Å². The number of hydrogen-bond donors (Lipinski definition) is 3. The zero-order chi connectivity index (χ0) is 30.8. The number of allylic oxidation sites excluding steroid dienone is 2. The molecule has 0 saturated heterocycles. The highest BCUT2D eigenvalue weighted by Crippen LogP contribution is 2.77. The largest absolute Gasteiger partial charge is 0.481 e. The molecule has 5 aliphatic rings. The Morgan fingerprint density at radius 2 is 1.58 bits per heavy atom. The Morgan fingerprint density at radius 3 is 2.28 bits per heavy atom. The summed E-state index contributed by atoms with van der Waals surface area (Å²) in [4.78, 5) is 22.5. The minimum atomic E-state index is -0.865. The van der Waals surface area contributed by atoms with Gasteiger partial charge >= 0.3 is 11.9 Å². The van der Waals surface area contributed by atoms with Crippen molar-refractivity contribution in [1.82, 2.24) is 5.32 Å². The molecular weight excluding hydrogens is 534 g/mol. The van der Waals surface area contributed by atoms with Crippen LogP contribution in [-0.4, -0.2) is 35.2 Å². The molecule has 5 heteroatoms. The molecule has 6 rings (SSSR count). The van der Waals surface area contributed by atoms with Crippen LogP contribution in [0.1, 0.15) is 128 Å². The molecule has 1 aromatic rings. The summed E-state index contributed by atoms with van der Waals surface area (Å²) in [5.41, 5.74) is 4.36. The molecule has 43 heavy (non-hydrogen) atoms. The van der Waals surface area contributed by atoms with E-state index >= 15 is 0 Å². The molecule has 3 N–H and O–H groups in total. The summed E-state index contributed by atoms with van der Waals surface area (Å²) in [5.74, 6) is 1.36. The van der Waals surface area contributed by atoms with E-state index in [0.29, 0.717) is 27.7 Å². The normalized spacial score (nSPS) is 41.3.